The van der Waals surface area contributed by atoms with Gasteiger partial charge in [0.1, 0.15) is 18.3 Å². The zero-order chi connectivity index (χ0) is 26.2. The summed E-state index contributed by atoms with van der Waals surface area (Å²) in [7, 11) is -12.4. The summed E-state index contributed by atoms with van der Waals surface area (Å²) in [6, 6.07) is 0. The lowest BCUT2D eigenvalue weighted by molar-refractivity contribution is -0.0508. The first kappa shape index (κ1) is 28.0. The number of nitrogen functional groups attached to an aromatic ring is 1. The maximum atomic E-state index is 12.7. The number of aliphatic hydroxyl groups excluding tert-OH is 2. The molecule has 0 bridgehead atoms. The highest BCUT2D eigenvalue weighted by molar-refractivity contribution is 7.67. The summed E-state index contributed by atoms with van der Waals surface area (Å²) in [6.45, 7) is -0.784. The second-order valence-electron chi connectivity index (χ2n) is 6.69. The molecule has 35 heavy (non-hydrogen) atoms. The quantitative estimate of drug-likeness (QED) is 0.217. The van der Waals surface area contributed by atoms with Gasteiger partial charge in [-0.3, -0.25) is 32.4 Å². The zero-order valence-corrected chi connectivity index (χ0v) is 20.9. The second-order valence-corrected chi connectivity index (χ2v) is 12.1. The number of hydrogen-bond donors (Lipinski definition) is 5. The predicted molar refractivity (Wildman–Crippen MR) is 113 cm³/mol. The highest BCUT2D eigenvalue weighted by Crippen LogP contribution is 2.71. The Bertz CT molecular complexity index is 1270. The molecule has 198 valence electrons. The number of imidazole rings is 1. The number of aliphatic hydroxyl groups is 2. The van der Waals surface area contributed by atoms with E-state index in [2.05, 4.69) is 37.1 Å². The van der Waals surface area contributed by atoms with Gasteiger partial charge in [-0.1, -0.05) is 0 Å². The van der Waals surface area contributed by atoms with Crippen LogP contribution in [0.15, 0.2) is 11.1 Å². The fraction of sp³-hybridized carbons (Fsp3) is 0.615. The Morgan fingerprint density at radius 3 is 2.37 bits per heavy atom. The number of phosphoric acid groups is 3. The standard InChI is InChI=1S/C13H22N5O14P3/c1-26-33(22,23)31-35(25,28-3)32-34(24,27-2)29-4-6-8(19)9(20)12(30-6)18-5-15-7-10(18)16-13(14)17-11(7)21/h5-6,8-9,12,19-20H,4H2,1-3H3,(H,22,23)(H3,14,16,17,21)/t6-,8?,9?,12-,34?,35?/m1/s1. The Morgan fingerprint density at radius 1 is 1.11 bits per heavy atom. The predicted octanol–water partition coefficient (Wildman–Crippen LogP) is -0.373. The molecule has 2 aromatic heterocycles. The minimum absolute atomic E-state index is 0.0558. The third-order valence-electron chi connectivity index (χ3n) is 4.54. The first-order valence-corrected chi connectivity index (χ1v) is 13.7. The Balaban J connectivity index is 1.76. The van der Waals surface area contributed by atoms with Gasteiger partial charge < -0.3 is 25.6 Å². The molecule has 1 aliphatic rings. The Kier molecular flexibility index (Phi) is 8.35. The Morgan fingerprint density at radius 2 is 1.77 bits per heavy atom. The van der Waals surface area contributed by atoms with Crippen LogP contribution in [-0.2, 0) is 45.1 Å². The van der Waals surface area contributed by atoms with E-state index in [1.165, 1.54) is 0 Å². The summed E-state index contributed by atoms with van der Waals surface area (Å²) in [5.74, 6) is -0.235. The van der Waals surface area contributed by atoms with Crippen molar-refractivity contribution in [3.8, 4) is 0 Å². The van der Waals surface area contributed by atoms with E-state index in [1.807, 2.05) is 0 Å². The van der Waals surface area contributed by atoms with Gasteiger partial charge in [0.15, 0.2) is 17.4 Å². The van der Waals surface area contributed by atoms with Crippen LogP contribution >= 0.6 is 23.5 Å². The molecular formula is C13H22N5O14P3. The molecule has 1 aliphatic heterocycles. The van der Waals surface area contributed by atoms with Crippen LogP contribution in [0.3, 0.4) is 0 Å². The minimum Gasteiger partial charge on any atom is -0.387 e. The van der Waals surface area contributed by atoms with Crippen LogP contribution in [0.1, 0.15) is 6.23 Å². The third kappa shape index (κ3) is 6.06. The van der Waals surface area contributed by atoms with Crippen LogP contribution in [0, 0.1) is 0 Å². The van der Waals surface area contributed by atoms with E-state index in [1.54, 1.807) is 0 Å². The maximum absolute atomic E-state index is 12.7. The van der Waals surface area contributed by atoms with Crippen molar-refractivity contribution >= 4 is 40.6 Å². The first-order valence-electron chi connectivity index (χ1n) is 9.28. The summed E-state index contributed by atoms with van der Waals surface area (Å²) in [4.78, 5) is 31.4. The molecular weight excluding hydrogens is 543 g/mol. The average Bonchev–Trinajstić information content (AvgIpc) is 3.33. The van der Waals surface area contributed by atoms with Gasteiger partial charge in [0.05, 0.1) is 12.9 Å². The molecule has 0 radical (unpaired) electrons. The van der Waals surface area contributed by atoms with Crippen LogP contribution in [0.25, 0.3) is 11.2 Å². The molecule has 22 heteroatoms. The molecule has 5 unspecified atom stereocenters. The number of fused-ring (bicyclic) bond motifs is 1. The maximum Gasteiger partial charge on any atom is 0.492 e. The molecule has 6 N–H and O–H groups in total. The lowest BCUT2D eigenvalue weighted by Gasteiger charge is -2.23. The van der Waals surface area contributed by atoms with Gasteiger partial charge in [-0.2, -0.15) is 13.6 Å². The SMILES string of the molecule is COP(=O)(O)OP(=O)(OC)OP(=O)(OC)OC[C@H]1O[C@@H](n2cnc3c(=O)[nH]c(N)nc32)C(O)C1O. The largest absolute Gasteiger partial charge is 0.492 e. The number of ether oxygens (including phenoxy) is 1. The lowest BCUT2D eigenvalue weighted by atomic mass is 10.1. The third-order valence-corrected chi connectivity index (χ3v) is 9.59. The van der Waals surface area contributed by atoms with Gasteiger partial charge in [-0.15, -0.1) is 0 Å². The van der Waals surface area contributed by atoms with Crippen LogP contribution in [0.4, 0.5) is 5.95 Å². The van der Waals surface area contributed by atoms with Crippen molar-refractivity contribution < 1.29 is 60.3 Å². The molecule has 2 aromatic rings. The number of nitrogens with two attached hydrogens (primary N) is 1. The van der Waals surface area contributed by atoms with Crippen LogP contribution in [0.2, 0.25) is 0 Å². The summed E-state index contributed by atoms with van der Waals surface area (Å²) in [6.07, 6.45) is -4.85. The first-order chi connectivity index (χ1) is 16.3. The molecule has 3 rings (SSSR count). The molecule has 1 saturated heterocycles. The molecule has 0 saturated carbocycles. The highest BCUT2D eigenvalue weighted by atomic mass is 31.3. The van der Waals surface area contributed by atoms with E-state index in [9.17, 15) is 33.6 Å². The smallest absolute Gasteiger partial charge is 0.387 e. The van der Waals surface area contributed by atoms with Crippen molar-refractivity contribution in [1.29, 1.82) is 0 Å². The van der Waals surface area contributed by atoms with Crippen molar-refractivity contribution in [3.05, 3.63) is 16.7 Å². The monoisotopic (exact) mass is 565 g/mol. The fourth-order valence-electron chi connectivity index (χ4n) is 2.86. The number of aromatic nitrogens is 4. The van der Waals surface area contributed by atoms with E-state index in [0.717, 1.165) is 32.2 Å². The van der Waals surface area contributed by atoms with Crippen LogP contribution in [-0.4, -0.2) is 80.9 Å². The second kappa shape index (κ2) is 10.4. The molecule has 0 amide bonds. The lowest BCUT2D eigenvalue weighted by Crippen LogP contribution is -2.33. The van der Waals surface area contributed by atoms with Gasteiger partial charge in [-0.05, 0) is 0 Å². The van der Waals surface area contributed by atoms with Crippen molar-refractivity contribution in [2.75, 3.05) is 33.7 Å². The van der Waals surface area contributed by atoms with E-state index in [0.29, 0.717) is 0 Å². The number of nitrogens with one attached hydrogen (secondary N) is 1. The topological polar surface area (TPSA) is 266 Å². The Hall–Kier alpha value is -1.56. The van der Waals surface area contributed by atoms with Crippen molar-refractivity contribution in [2.45, 2.75) is 24.5 Å². The average molecular weight is 565 g/mol. The van der Waals surface area contributed by atoms with E-state index < -0.39 is 60.2 Å². The van der Waals surface area contributed by atoms with E-state index >= 15 is 0 Å². The number of hydrogen-bond acceptors (Lipinski definition) is 16. The highest BCUT2D eigenvalue weighted by Gasteiger charge is 2.48. The number of aromatic amines is 1. The van der Waals surface area contributed by atoms with Crippen LogP contribution < -0.4 is 11.3 Å². The summed E-state index contributed by atoms with van der Waals surface area (Å²) < 4.78 is 70.3. The number of rotatable bonds is 11. The molecule has 19 nitrogen and oxygen atoms in total. The number of phosphoric ester groups is 2. The molecule has 0 aromatic carbocycles. The zero-order valence-electron chi connectivity index (χ0n) is 18.2. The van der Waals surface area contributed by atoms with Gasteiger partial charge in [0, 0.05) is 21.3 Å². The summed E-state index contributed by atoms with van der Waals surface area (Å²) in [5.41, 5.74) is 4.71. The van der Waals surface area contributed by atoms with Gasteiger partial charge >= 0.3 is 23.5 Å². The van der Waals surface area contributed by atoms with Gasteiger partial charge in [0.25, 0.3) is 5.56 Å². The number of H-pyrrole nitrogens is 1. The van der Waals surface area contributed by atoms with E-state index in [4.69, 9.17) is 15.0 Å². The minimum atomic E-state index is -5.02. The molecule has 0 spiro atoms. The molecule has 0 aliphatic carbocycles. The van der Waals surface area contributed by atoms with Crippen molar-refractivity contribution in [1.82, 2.24) is 19.5 Å². The molecule has 1 fully saturated rings. The Labute approximate surface area is 195 Å². The van der Waals surface area contributed by atoms with E-state index in [-0.39, 0.29) is 17.1 Å². The number of anilines is 1. The normalized spacial score (nSPS) is 27.9. The van der Waals surface area contributed by atoms with Crippen molar-refractivity contribution in [3.63, 3.8) is 0 Å². The fourth-order valence-corrected chi connectivity index (χ4v) is 6.93. The molecule has 7 atom stereocenters. The van der Waals surface area contributed by atoms with Crippen molar-refractivity contribution in [2.24, 2.45) is 0 Å². The van der Waals surface area contributed by atoms with Gasteiger partial charge in [0.2, 0.25) is 5.95 Å². The summed E-state index contributed by atoms with van der Waals surface area (Å²) in [5, 5.41) is 20.8. The van der Waals surface area contributed by atoms with Crippen LogP contribution in [0.5, 0.6) is 0 Å². The van der Waals surface area contributed by atoms with Gasteiger partial charge in [-0.25, -0.2) is 18.7 Å². The number of nitrogens with zero attached hydrogens (tertiary/aromatic N) is 3. The molecule has 3 heterocycles. The summed E-state index contributed by atoms with van der Waals surface area (Å²) >= 11 is 0.